The number of nitrogens with zero attached hydrogens (tertiary/aromatic N) is 1. The third-order valence-corrected chi connectivity index (χ3v) is 5.91. The average Bonchev–Trinajstić information content (AvgIpc) is 2.37. The van der Waals surface area contributed by atoms with Gasteiger partial charge in [0, 0.05) is 10.7 Å². The van der Waals surface area contributed by atoms with Crippen molar-refractivity contribution < 1.29 is 0 Å². The predicted octanol–water partition coefficient (Wildman–Crippen LogP) is 4.69. The van der Waals surface area contributed by atoms with E-state index in [0.717, 1.165) is 28.1 Å². The van der Waals surface area contributed by atoms with Crippen LogP contribution in [0.15, 0.2) is 33.7 Å². The summed E-state index contributed by atoms with van der Waals surface area (Å²) in [6, 6.07) is 9.07. The SMILES string of the molecule is Brc1cccc(C=NC2C3CC4CC(C3)CC2C4)c1. The van der Waals surface area contributed by atoms with E-state index < -0.39 is 0 Å². The molecule has 2 heteroatoms. The molecule has 1 aromatic carbocycles. The fourth-order valence-corrected chi connectivity index (χ4v) is 5.32. The summed E-state index contributed by atoms with van der Waals surface area (Å²) in [4.78, 5) is 4.99. The lowest BCUT2D eigenvalue weighted by Crippen LogP contribution is -2.47. The first-order chi connectivity index (χ1) is 9.28. The first-order valence-electron chi connectivity index (χ1n) is 7.56. The molecule has 0 heterocycles. The van der Waals surface area contributed by atoms with Crippen molar-refractivity contribution in [2.75, 3.05) is 0 Å². The van der Waals surface area contributed by atoms with Crippen molar-refractivity contribution in [1.82, 2.24) is 0 Å². The van der Waals surface area contributed by atoms with Crippen molar-refractivity contribution in [1.29, 1.82) is 0 Å². The molecule has 1 nitrogen and oxygen atoms in total. The van der Waals surface area contributed by atoms with Crippen molar-refractivity contribution in [3.63, 3.8) is 0 Å². The number of rotatable bonds is 2. The highest BCUT2D eigenvalue weighted by Crippen LogP contribution is 2.54. The highest BCUT2D eigenvalue weighted by Gasteiger charge is 2.47. The third kappa shape index (κ3) is 2.29. The Morgan fingerprint density at radius 1 is 1.00 bits per heavy atom. The van der Waals surface area contributed by atoms with E-state index in [1.54, 1.807) is 0 Å². The van der Waals surface area contributed by atoms with Crippen molar-refractivity contribution >= 4 is 22.1 Å². The van der Waals surface area contributed by atoms with E-state index in [0.29, 0.717) is 6.04 Å². The van der Waals surface area contributed by atoms with Gasteiger partial charge in [-0.25, -0.2) is 0 Å². The smallest absolute Gasteiger partial charge is 0.0556 e. The van der Waals surface area contributed by atoms with Gasteiger partial charge in [-0.3, -0.25) is 4.99 Å². The summed E-state index contributed by atoms with van der Waals surface area (Å²) < 4.78 is 1.14. The van der Waals surface area contributed by atoms with E-state index >= 15 is 0 Å². The summed E-state index contributed by atoms with van der Waals surface area (Å²) in [5.41, 5.74) is 1.23. The molecule has 4 bridgehead atoms. The van der Waals surface area contributed by atoms with E-state index in [2.05, 4.69) is 46.4 Å². The Morgan fingerprint density at radius 2 is 1.68 bits per heavy atom. The zero-order chi connectivity index (χ0) is 12.8. The molecule has 4 aliphatic rings. The molecule has 0 N–H and O–H groups in total. The molecule has 0 saturated heterocycles. The fraction of sp³-hybridized carbons (Fsp3) is 0.588. The van der Waals surface area contributed by atoms with Crippen LogP contribution in [-0.4, -0.2) is 12.3 Å². The summed E-state index contributed by atoms with van der Waals surface area (Å²) in [6.07, 6.45) is 9.44. The molecule has 0 amide bonds. The Labute approximate surface area is 123 Å². The normalized spacial score (nSPS) is 40.2. The van der Waals surface area contributed by atoms with Crippen LogP contribution in [0.4, 0.5) is 0 Å². The van der Waals surface area contributed by atoms with Crippen molar-refractivity contribution in [2.24, 2.45) is 28.7 Å². The van der Waals surface area contributed by atoms with Crippen LogP contribution in [0.25, 0.3) is 0 Å². The second-order valence-electron chi connectivity index (χ2n) is 6.75. The van der Waals surface area contributed by atoms with E-state index in [-0.39, 0.29) is 0 Å². The summed E-state index contributed by atoms with van der Waals surface area (Å²) in [5.74, 6) is 3.86. The maximum atomic E-state index is 4.99. The monoisotopic (exact) mass is 317 g/mol. The predicted molar refractivity (Wildman–Crippen MR) is 82.6 cm³/mol. The van der Waals surface area contributed by atoms with Crippen LogP contribution < -0.4 is 0 Å². The molecule has 0 aromatic heterocycles. The third-order valence-electron chi connectivity index (χ3n) is 5.42. The minimum atomic E-state index is 0.617. The van der Waals surface area contributed by atoms with Gasteiger partial charge in [-0.15, -0.1) is 0 Å². The number of halogens is 1. The van der Waals surface area contributed by atoms with Crippen LogP contribution in [0.5, 0.6) is 0 Å². The molecular formula is C17H20BrN. The number of hydrogen-bond acceptors (Lipinski definition) is 1. The van der Waals surface area contributed by atoms with Gasteiger partial charge in [0.2, 0.25) is 0 Å². The minimum absolute atomic E-state index is 0.617. The van der Waals surface area contributed by atoms with Crippen LogP contribution in [0.1, 0.15) is 37.7 Å². The molecule has 4 saturated carbocycles. The average molecular weight is 318 g/mol. The standard InChI is InChI=1S/C17H20BrN/c18-16-3-1-2-11(9-16)10-19-17-14-5-12-4-13(7-14)8-15(17)6-12/h1-3,9-10,12-15,17H,4-8H2. The van der Waals surface area contributed by atoms with E-state index in [9.17, 15) is 0 Å². The molecule has 4 fully saturated rings. The quantitative estimate of drug-likeness (QED) is 0.701. The first-order valence-corrected chi connectivity index (χ1v) is 8.36. The molecule has 0 radical (unpaired) electrons. The maximum Gasteiger partial charge on any atom is 0.0556 e. The summed E-state index contributed by atoms with van der Waals surface area (Å²) in [7, 11) is 0. The van der Waals surface area contributed by atoms with Crippen LogP contribution in [0.2, 0.25) is 0 Å². The Kier molecular flexibility index (Phi) is 3.02. The van der Waals surface area contributed by atoms with Gasteiger partial charge in [-0.1, -0.05) is 28.1 Å². The molecule has 1 aromatic rings. The Bertz CT molecular complexity index is 480. The van der Waals surface area contributed by atoms with Crippen molar-refractivity contribution in [3.05, 3.63) is 34.3 Å². The van der Waals surface area contributed by atoms with Crippen molar-refractivity contribution in [2.45, 2.75) is 38.1 Å². The number of aliphatic imine (C=N–C) groups is 1. The lowest BCUT2D eigenvalue weighted by Gasteiger charge is -2.53. The molecule has 0 unspecified atom stereocenters. The minimum Gasteiger partial charge on any atom is -0.289 e. The Morgan fingerprint density at radius 3 is 2.32 bits per heavy atom. The summed E-state index contributed by atoms with van der Waals surface area (Å²) >= 11 is 3.53. The van der Waals surface area contributed by atoms with Crippen LogP contribution in [-0.2, 0) is 0 Å². The number of benzene rings is 1. The van der Waals surface area contributed by atoms with Gasteiger partial charge in [-0.05, 0) is 73.5 Å². The van der Waals surface area contributed by atoms with Gasteiger partial charge in [0.15, 0.2) is 0 Å². The first kappa shape index (κ1) is 12.1. The van der Waals surface area contributed by atoms with E-state index in [1.807, 2.05) is 0 Å². The zero-order valence-electron chi connectivity index (χ0n) is 11.1. The van der Waals surface area contributed by atoms with Gasteiger partial charge in [0.1, 0.15) is 0 Å². The molecule has 0 spiro atoms. The molecular weight excluding hydrogens is 298 g/mol. The lowest BCUT2D eigenvalue weighted by molar-refractivity contribution is 0.00146. The van der Waals surface area contributed by atoms with Crippen LogP contribution in [0.3, 0.4) is 0 Å². The van der Waals surface area contributed by atoms with Crippen molar-refractivity contribution in [3.8, 4) is 0 Å². The molecule has 4 aliphatic carbocycles. The van der Waals surface area contributed by atoms with Gasteiger partial charge in [-0.2, -0.15) is 0 Å². The van der Waals surface area contributed by atoms with Gasteiger partial charge >= 0.3 is 0 Å². The molecule has 5 rings (SSSR count). The van der Waals surface area contributed by atoms with E-state index in [1.165, 1.54) is 37.7 Å². The zero-order valence-corrected chi connectivity index (χ0v) is 12.7. The molecule has 0 aliphatic heterocycles. The largest absolute Gasteiger partial charge is 0.289 e. The molecule has 19 heavy (non-hydrogen) atoms. The second kappa shape index (κ2) is 4.73. The fourth-order valence-electron chi connectivity index (χ4n) is 4.90. The highest BCUT2D eigenvalue weighted by molar-refractivity contribution is 9.10. The molecule has 0 atom stereocenters. The number of hydrogen-bond donors (Lipinski definition) is 0. The molecule has 100 valence electrons. The van der Waals surface area contributed by atoms with Crippen LogP contribution >= 0.6 is 15.9 Å². The Balaban J connectivity index is 1.54. The summed E-state index contributed by atoms with van der Waals surface area (Å²) in [5, 5.41) is 0. The highest BCUT2D eigenvalue weighted by atomic mass is 79.9. The van der Waals surface area contributed by atoms with Crippen LogP contribution in [0, 0.1) is 23.7 Å². The van der Waals surface area contributed by atoms with Gasteiger partial charge < -0.3 is 0 Å². The van der Waals surface area contributed by atoms with E-state index in [4.69, 9.17) is 4.99 Å². The maximum absolute atomic E-state index is 4.99. The van der Waals surface area contributed by atoms with Gasteiger partial charge in [0.05, 0.1) is 6.04 Å². The topological polar surface area (TPSA) is 12.4 Å². The second-order valence-corrected chi connectivity index (χ2v) is 7.67. The van der Waals surface area contributed by atoms with Gasteiger partial charge in [0.25, 0.3) is 0 Å². The Hall–Kier alpha value is -0.630. The lowest BCUT2D eigenvalue weighted by atomic mass is 9.54. The summed E-state index contributed by atoms with van der Waals surface area (Å²) in [6.45, 7) is 0.